The Labute approximate surface area is 76.3 Å². The molecule has 0 fully saturated rings. The molecule has 0 unspecified atom stereocenters. The molecule has 8 heavy (non-hydrogen) atoms. The highest BCUT2D eigenvalue weighted by Gasteiger charge is 1.91. The maximum absolute atomic E-state index is 4.56. The first-order chi connectivity index (χ1) is 3.85. The van der Waals surface area contributed by atoms with Gasteiger partial charge in [-0.25, -0.2) is 0 Å². The van der Waals surface area contributed by atoms with Gasteiger partial charge in [-0.2, -0.15) is 0 Å². The number of alkyl halides is 2. The average molecular weight is 339 g/mol. The molecule has 48 valence electrons. The van der Waals surface area contributed by atoms with Gasteiger partial charge < -0.3 is 4.84 Å². The zero-order valence-corrected chi connectivity index (χ0v) is 8.84. The molecule has 0 aromatic heterocycles. The summed E-state index contributed by atoms with van der Waals surface area (Å²) in [5, 5.41) is 3.76. The summed E-state index contributed by atoms with van der Waals surface area (Å²) in [6, 6.07) is 0. The van der Waals surface area contributed by atoms with E-state index in [2.05, 4.69) is 55.2 Å². The first-order valence-corrected chi connectivity index (χ1v) is 5.11. The summed E-state index contributed by atoms with van der Waals surface area (Å²) in [5.41, 5.74) is 1.09. The molecule has 0 aliphatic rings. The van der Waals surface area contributed by atoms with Crippen LogP contribution in [0.4, 0.5) is 0 Å². The van der Waals surface area contributed by atoms with Crippen molar-refractivity contribution in [1.29, 1.82) is 0 Å². The van der Waals surface area contributed by atoms with E-state index >= 15 is 0 Å². The summed E-state index contributed by atoms with van der Waals surface area (Å²) >= 11 is 4.51. The summed E-state index contributed by atoms with van der Waals surface area (Å²) in [7, 11) is 1.57. The van der Waals surface area contributed by atoms with Crippen LogP contribution >= 0.6 is 45.2 Å². The first-order valence-electron chi connectivity index (χ1n) is 2.06. The molecule has 0 aromatic carbocycles. The van der Waals surface area contributed by atoms with Crippen LogP contribution in [0.3, 0.4) is 0 Å². The fourth-order valence-electron chi connectivity index (χ4n) is 0.214. The van der Waals surface area contributed by atoms with Gasteiger partial charge in [0.05, 0.1) is 5.71 Å². The molecule has 0 saturated heterocycles. The molecule has 0 saturated carbocycles. The standard InChI is InChI=1S/C4H7I2NO/c1-8-7-4(2-5)3-6/h2-3H2,1H3. The maximum Gasteiger partial charge on any atom is 0.106 e. The third-order valence-corrected chi connectivity index (χ3v) is 2.29. The second kappa shape index (κ2) is 6.06. The van der Waals surface area contributed by atoms with Gasteiger partial charge in [0.15, 0.2) is 0 Å². The van der Waals surface area contributed by atoms with Gasteiger partial charge in [-0.3, -0.25) is 0 Å². The van der Waals surface area contributed by atoms with Crippen molar-refractivity contribution in [3.05, 3.63) is 0 Å². The predicted molar refractivity (Wildman–Crippen MR) is 52.2 cm³/mol. The molecule has 0 aromatic rings. The number of nitrogens with zero attached hydrogens (tertiary/aromatic N) is 1. The molecule has 0 N–H and O–H groups in total. The van der Waals surface area contributed by atoms with Gasteiger partial charge in [0, 0.05) is 8.86 Å². The highest BCUT2D eigenvalue weighted by molar-refractivity contribution is 14.1. The van der Waals surface area contributed by atoms with Gasteiger partial charge >= 0.3 is 0 Å². The molecule has 0 atom stereocenters. The van der Waals surface area contributed by atoms with Crippen molar-refractivity contribution in [3.8, 4) is 0 Å². The molecule has 0 rings (SSSR count). The lowest BCUT2D eigenvalue weighted by Crippen LogP contribution is -2.00. The minimum absolute atomic E-state index is 0.953. The topological polar surface area (TPSA) is 21.6 Å². The maximum atomic E-state index is 4.56. The van der Waals surface area contributed by atoms with E-state index in [9.17, 15) is 0 Å². The molecule has 0 radical (unpaired) electrons. The largest absolute Gasteiger partial charge is 0.399 e. The van der Waals surface area contributed by atoms with Crippen molar-refractivity contribution in [2.45, 2.75) is 0 Å². The van der Waals surface area contributed by atoms with Gasteiger partial charge in [-0.15, -0.1) is 0 Å². The Bertz CT molecular complexity index is 78.1. The molecule has 0 heterocycles. The van der Waals surface area contributed by atoms with Crippen LogP contribution in [0.25, 0.3) is 0 Å². The lowest BCUT2D eigenvalue weighted by Gasteiger charge is -1.92. The van der Waals surface area contributed by atoms with Crippen molar-refractivity contribution < 1.29 is 4.84 Å². The van der Waals surface area contributed by atoms with E-state index in [0.29, 0.717) is 0 Å². The lowest BCUT2D eigenvalue weighted by atomic mass is 10.5. The summed E-state index contributed by atoms with van der Waals surface area (Å²) in [6.07, 6.45) is 0. The normalized spacial score (nSPS) is 8.38. The van der Waals surface area contributed by atoms with Crippen LogP contribution in [-0.4, -0.2) is 21.7 Å². The molecule has 0 spiro atoms. The van der Waals surface area contributed by atoms with Crippen molar-refractivity contribution in [2.24, 2.45) is 5.16 Å². The molecule has 0 aliphatic carbocycles. The minimum atomic E-state index is 0.953. The number of oxime groups is 1. The second-order valence-electron chi connectivity index (χ2n) is 1.11. The van der Waals surface area contributed by atoms with E-state index < -0.39 is 0 Å². The van der Waals surface area contributed by atoms with Crippen LogP contribution in [0.2, 0.25) is 0 Å². The fraction of sp³-hybridized carbons (Fsp3) is 0.750. The Kier molecular flexibility index (Phi) is 6.76. The van der Waals surface area contributed by atoms with Crippen molar-refractivity contribution >= 4 is 50.9 Å². The second-order valence-corrected chi connectivity index (χ2v) is 2.63. The minimum Gasteiger partial charge on any atom is -0.399 e. The lowest BCUT2D eigenvalue weighted by molar-refractivity contribution is 0.213. The van der Waals surface area contributed by atoms with E-state index in [4.69, 9.17) is 0 Å². The van der Waals surface area contributed by atoms with Gasteiger partial charge in [-0.05, 0) is 0 Å². The van der Waals surface area contributed by atoms with Gasteiger partial charge in [-0.1, -0.05) is 50.3 Å². The zero-order valence-electron chi connectivity index (χ0n) is 4.53. The van der Waals surface area contributed by atoms with E-state index in [1.54, 1.807) is 7.11 Å². The monoisotopic (exact) mass is 339 g/mol. The molecular weight excluding hydrogens is 332 g/mol. The van der Waals surface area contributed by atoms with E-state index in [0.717, 1.165) is 14.6 Å². The van der Waals surface area contributed by atoms with Crippen LogP contribution in [0.1, 0.15) is 0 Å². The van der Waals surface area contributed by atoms with Crippen LogP contribution in [0.5, 0.6) is 0 Å². The number of halogens is 2. The third-order valence-electron chi connectivity index (χ3n) is 0.529. The summed E-state index contributed by atoms with van der Waals surface area (Å²) in [4.78, 5) is 4.56. The summed E-state index contributed by atoms with van der Waals surface area (Å²) in [5.74, 6) is 0. The fourth-order valence-corrected chi connectivity index (χ4v) is 2.06. The Morgan fingerprint density at radius 3 is 2.12 bits per heavy atom. The first kappa shape index (κ1) is 8.93. The number of hydrogen-bond donors (Lipinski definition) is 0. The quantitative estimate of drug-likeness (QED) is 0.333. The summed E-state index contributed by atoms with van der Waals surface area (Å²) < 4.78 is 1.91. The highest BCUT2D eigenvalue weighted by Crippen LogP contribution is 1.92. The Balaban J connectivity index is 3.49. The van der Waals surface area contributed by atoms with E-state index in [-0.39, 0.29) is 0 Å². The van der Waals surface area contributed by atoms with Crippen molar-refractivity contribution in [1.82, 2.24) is 0 Å². The zero-order chi connectivity index (χ0) is 6.41. The molecule has 0 aliphatic heterocycles. The predicted octanol–water partition coefficient (Wildman–Crippen LogP) is 1.86. The number of hydrogen-bond acceptors (Lipinski definition) is 2. The van der Waals surface area contributed by atoms with E-state index in [1.165, 1.54) is 0 Å². The van der Waals surface area contributed by atoms with Gasteiger partial charge in [0.2, 0.25) is 0 Å². The molecule has 2 nitrogen and oxygen atoms in total. The highest BCUT2D eigenvalue weighted by atomic mass is 127. The van der Waals surface area contributed by atoms with Crippen molar-refractivity contribution in [3.63, 3.8) is 0 Å². The molecule has 4 heteroatoms. The smallest absolute Gasteiger partial charge is 0.106 e. The van der Waals surface area contributed by atoms with Crippen molar-refractivity contribution in [2.75, 3.05) is 16.0 Å². The van der Waals surface area contributed by atoms with Gasteiger partial charge in [0.25, 0.3) is 0 Å². The Hall–Kier alpha value is 0.930. The summed E-state index contributed by atoms with van der Waals surface area (Å²) in [6.45, 7) is 0. The van der Waals surface area contributed by atoms with Crippen LogP contribution in [0, 0.1) is 0 Å². The number of rotatable bonds is 3. The SMILES string of the molecule is CON=C(CI)CI. The Morgan fingerprint density at radius 1 is 1.50 bits per heavy atom. The molecule has 0 amide bonds. The molecule has 0 bridgehead atoms. The van der Waals surface area contributed by atoms with Gasteiger partial charge in [0.1, 0.15) is 7.11 Å². The average Bonchev–Trinajstić information content (AvgIpc) is 1.83. The van der Waals surface area contributed by atoms with Crippen LogP contribution < -0.4 is 0 Å². The molecular formula is C4H7I2NO. The third kappa shape index (κ3) is 3.88. The Morgan fingerprint density at radius 2 is 2.00 bits per heavy atom. The van der Waals surface area contributed by atoms with E-state index in [1.807, 2.05) is 0 Å². The van der Waals surface area contributed by atoms with Crippen LogP contribution in [-0.2, 0) is 4.84 Å². The van der Waals surface area contributed by atoms with Crippen LogP contribution in [0.15, 0.2) is 5.16 Å².